The van der Waals surface area contributed by atoms with Crippen LogP contribution in [0.3, 0.4) is 0 Å². The van der Waals surface area contributed by atoms with Crippen LogP contribution in [0.2, 0.25) is 0 Å². The van der Waals surface area contributed by atoms with Gasteiger partial charge in [0.15, 0.2) is 0 Å². The van der Waals surface area contributed by atoms with Gasteiger partial charge in [-0.2, -0.15) is 0 Å². The molecule has 2 aliphatic heterocycles. The summed E-state index contributed by atoms with van der Waals surface area (Å²) in [7, 11) is 0. The number of amides is 3. The summed E-state index contributed by atoms with van der Waals surface area (Å²) in [4.78, 5) is 32.2. The van der Waals surface area contributed by atoms with Gasteiger partial charge in [-0.1, -0.05) is 6.07 Å². The Bertz CT molecular complexity index is 562. The topological polar surface area (TPSA) is 86.8 Å². The maximum atomic E-state index is 12.8. The summed E-state index contributed by atoms with van der Waals surface area (Å²) in [6.45, 7) is 4.97. The Morgan fingerprint density at radius 3 is 2.88 bits per heavy atom. The highest BCUT2D eigenvalue weighted by Gasteiger charge is 2.29. The van der Waals surface area contributed by atoms with E-state index in [1.165, 1.54) is 0 Å². The second-order valence-corrected chi connectivity index (χ2v) is 5.85. The van der Waals surface area contributed by atoms with Crippen LogP contribution in [-0.2, 0) is 9.53 Å². The number of hydrogen-bond donors (Lipinski definition) is 2. The molecule has 2 N–H and O–H groups in total. The first-order chi connectivity index (χ1) is 11.8. The van der Waals surface area contributed by atoms with E-state index in [4.69, 9.17) is 4.74 Å². The molecule has 0 aromatic carbocycles. The van der Waals surface area contributed by atoms with Crippen molar-refractivity contribution in [3.63, 3.8) is 0 Å². The highest BCUT2D eigenvalue weighted by atomic mass is 16.5. The summed E-state index contributed by atoms with van der Waals surface area (Å²) in [6, 6.07) is 3.31. The predicted octanol–water partition coefficient (Wildman–Crippen LogP) is -0.404. The van der Waals surface area contributed by atoms with Crippen LogP contribution in [0.5, 0.6) is 0 Å². The summed E-state index contributed by atoms with van der Waals surface area (Å²) >= 11 is 0. The van der Waals surface area contributed by atoms with Gasteiger partial charge in [-0.15, -0.1) is 0 Å². The lowest BCUT2D eigenvalue weighted by Crippen LogP contribution is -2.47. The molecule has 2 saturated heterocycles. The van der Waals surface area contributed by atoms with Crippen molar-refractivity contribution in [1.82, 2.24) is 25.4 Å². The number of hydrogen-bond acceptors (Lipinski definition) is 5. The Morgan fingerprint density at radius 1 is 1.38 bits per heavy atom. The van der Waals surface area contributed by atoms with Crippen LogP contribution in [-0.4, -0.2) is 79.2 Å². The Labute approximate surface area is 141 Å². The minimum absolute atomic E-state index is 0.0653. The van der Waals surface area contributed by atoms with Gasteiger partial charge in [0.25, 0.3) is 0 Å². The fraction of sp³-hybridized carbons (Fsp3) is 0.562. The van der Waals surface area contributed by atoms with Gasteiger partial charge in [0.2, 0.25) is 5.91 Å². The van der Waals surface area contributed by atoms with Gasteiger partial charge in [-0.05, 0) is 11.6 Å². The number of pyridine rings is 1. The zero-order valence-corrected chi connectivity index (χ0v) is 13.6. The molecule has 1 atom stereocenters. The minimum atomic E-state index is -0.380. The zero-order valence-electron chi connectivity index (χ0n) is 13.6. The quantitative estimate of drug-likeness (QED) is 0.739. The Morgan fingerprint density at radius 2 is 2.21 bits per heavy atom. The third kappa shape index (κ3) is 4.01. The van der Waals surface area contributed by atoms with E-state index in [0.29, 0.717) is 52.5 Å². The molecule has 3 amide bonds. The number of rotatable bonds is 6. The average Bonchev–Trinajstić information content (AvgIpc) is 3.02. The largest absolute Gasteiger partial charge is 0.379 e. The number of nitrogens with zero attached hydrogens (tertiary/aromatic N) is 3. The molecule has 0 unspecified atom stereocenters. The molecule has 1 aromatic heterocycles. The van der Waals surface area contributed by atoms with Crippen LogP contribution < -0.4 is 10.6 Å². The fourth-order valence-corrected chi connectivity index (χ4v) is 3.04. The molecule has 3 rings (SSSR count). The number of nitrogens with one attached hydrogen (secondary N) is 2. The Balaban J connectivity index is 1.61. The molecule has 2 aliphatic rings. The first-order valence-corrected chi connectivity index (χ1v) is 8.28. The van der Waals surface area contributed by atoms with Crippen LogP contribution in [0.1, 0.15) is 11.6 Å². The van der Waals surface area contributed by atoms with Crippen molar-refractivity contribution in [1.29, 1.82) is 0 Å². The average molecular weight is 333 g/mol. The normalized spacial score (nSPS) is 19.8. The van der Waals surface area contributed by atoms with Gasteiger partial charge in [0.1, 0.15) is 6.04 Å². The summed E-state index contributed by atoms with van der Waals surface area (Å²) in [6.07, 6.45) is 3.43. The summed E-state index contributed by atoms with van der Waals surface area (Å²) in [5.41, 5.74) is 0.871. The van der Waals surface area contributed by atoms with E-state index in [0.717, 1.165) is 5.56 Å². The van der Waals surface area contributed by atoms with Crippen LogP contribution in [0.25, 0.3) is 0 Å². The molecule has 3 heterocycles. The zero-order chi connectivity index (χ0) is 16.8. The molecule has 0 aliphatic carbocycles. The van der Waals surface area contributed by atoms with Crippen molar-refractivity contribution in [2.24, 2.45) is 0 Å². The van der Waals surface area contributed by atoms with E-state index in [1.54, 1.807) is 17.3 Å². The van der Waals surface area contributed by atoms with Crippen LogP contribution in [0, 0.1) is 0 Å². The van der Waals surface area contributed by atoms with Crippen LogP contribution in [0.4, 0.5) is 4.79 Å². The van der Waals surface area contributed by atoms with Crippen molar-refractivity contribution >= 4 is 11.9 Å². The lowest BCUT2D eigenvalue weighted by Gasteiger charge is -2.33. The number of aromatic nitrogens is 1. The number of carbonyl (C=O) groups excluding carboxylic acids is 2. The lowest BCUT2D eigenvalue weighted by atomic mass is 10.1. The van der Waals surface area contributed by atoms with Gasteiger partial charge >= 0.3 is 6.03 Å². The molecule has 0 radical (unpaired) electrons. The molecule has 0 bridgehead atoms. The molecule has 0 spiro atoms. The summed E-state index contributed by atoms with van der Waals surface area (Å²) < 4.78 is 5.39. The maximum Gasteiger partial charge on any atom is 0.317 e. The number of ether oxygens (including phenoxy) is 1. The first-order valence-electron chi connectivity index (χ1n) is 8.28. The van der Waals surface area contributed by atoms with Gasteiger partial charge in [-0.3, -0.25) is 14.7 Å². The van der Waals surface area contributed by atoms with E-state index in [-0.39, 0.29) is 18.0 Å². The molecule has 8 heteroatoms. The molecule has 0 saturated carbocycles. The van der Waals surface area contributed by atoms with E-state index >= 15 is 0 Å². The Hall–Kier alpha value is -2.19. The third-order valence-electron chi connectivity index (χ3n) is 4.29. The van der Waals surface area contributed by atoms with Crippen LogP contribution in [0.15, 0.2) is 24.5 Å². The first kappa shape index (κ1) is 16.7. The van der Waals surface area contributed by atoms with E-state index in [1.807, 2.05) is 12.1 Å². The standard InChI is InChI=1S/C16H23N5O3/c22-15(18-4-6-21-7-5-19-16(21)23)14(13-2-1-3-17-12-13)20-8-10-24-11-9-20/h1-3,12,14H,4-11H2,(H,18,22)(H,19,23)/t14-/m0/s1. The smallest absolute Gasteiger partial charge is 0.317 e. The highest BCUT2D eigenvalue weighted by Crippen LogP contribution is 2.21. The van der Waals surface area contributed by atoms with Crippen LogP contribution >= 0.6 is 0 Å². The van der Waals surface area contributed by atoms with Crippen molar-refractivity contribution in [2.75, 3.05) is 52.5 Å². The Kier molecular flexibility index (Phi) is 5.60. The van der Waals surface area contributed by atoms with Gasteiger partial charge in [-0.25, -0.2) is 4.79 Å². The van der Waals surface area contributed by atoms with Crippen molar-refractivity contribution in [3.05, 3.63) is 30.1 Å². The second-order valence-electron chi connectivity index (χ2n) is 5.85. The molecular weight excluding hydrogens is 310 g/mol. The molecule has 24 heavy (non-hydrogen) atoms. The molecule has 8 nitrogen and oxygen atoms in total. The third-order valence-corrected chi connectivity index (χ3v) is 4.29. The van der Waals surface area contributed by atoms with Gasteiger partial charge < -0.3 is 20.3 Å². The lowest BCUT2D eigenvalue weighted by molar-refractivity contribution is -0.128. The van der Waals surface area contributed by atoms with Gasteiger partial charge in [0, 0.05) is 51.7 Å². The molecule has 130 valence electrons. The highest BCUT2D eigenvalue weighted by molar-refractivity contribution is 5.83. The number of carbonyl (C=O) groups is 2. The summed E-state index contributed by atoms with van der Waals surface area (Å²) in [5.74, 6) is -0.0653. The number of morpholine rings is 1. The van der Waals surface area contributed by atoms with Crippen molar-refractivity contribution < 1.29 is 14.3 Å². The summed E-state index contributed by atoms with van der Waals surface area (Å²) in [5, 5.41) is 5.71. The van der Waals surface area contributed by atoms with Crippen molar-refractivity contribution in [3.8, 4) is 0 Å². The second kappa shape index (κ2) is 8.07. The predicted molar refractivity (Wildman–Crippen MR) is 87.4 cm³/mol. The molecule has 1 aromatic rings. The minimum Gasteiger partial charge on any atom is -0.379 e. The molecular formula is C16H23N5O3. The monoisotopic (exact) mass is 333 g/mol. The van der Waals surface area contributed by atoms with Gasteiger partial charge in [0.05, 0.1) is 13.2 Å². The van der Waals surface area contributed by atoms with Crippen molar-refractivity contribution in [2.45, 2.75) is 6.04 Å². The fourth-order valence-electron chi connectivity index (χ4n) is 3.04. The molecule has 2 fully saturated rings. The van der Waals surface area contributed by atoms with E-state index in [2.05, 4.69) is 20.5 Å². The number of urea groups is 1. The van der Waals surface area contributed by atoms with E-state index in [9.17, 15) is 9.59 Å². The SMILES string of the molecule is O=C(NCCN1CCNC1=O)[C@H](c1cccnc1)N1CCOCC1. The van der Waals surface area contributed by atoms with E-state index < -0.39 is 0 Å². The maximum absolute atomic E-state index is 12.8.